The second-order valence-electron chi connectivity index (χ2n) is 5.96. The lowest BCUT2D eigenvalue weighted by molar-refractivity contribution is 0.0513. The van der Waals surface area contributed by atoms with E-state index in [1.54, 1.807) is 4.90 Å². The van der Waals surface area contributed by atoms with Gasteiger partial charge in [0.2, 0.25) is 5.69 Å². The van der Waals surface area contributed by atoms with Gasteiger partial charge in [-0.25, -0.2) is 14.8 Å². The number of nitrogens with zero attached hydrogens (tertiary/aromatic N) is 4. The van der Waals surface area contributed by atoms with Crippen LogP contribution in [0.3, 0.4) is 0 Å². The molecule has 24 heavy (non-hydrogen) atoms. The Bertz CT molecular complexity index is 604. The Hall–Kier alpha value is -2.40. The molecule has 1 saturated heterocycles. The second kappa shape index (κ2) is 7.93. The quantitative estimate of drug-likeness (QED) is 0.889. The van der Waals surface area contributed by atoms with E-state index in [0.717, 1.165) is 25.7 Å². The van der Waals surface area contributed by atoms with Crippen LogP contribution in [0.5, 0.6) is 5.88 Å². The van der Waals surface area contributed by atoms with E-state index in [1.807, 2.05) is 6.07 Å². The highest BCUT2D eigenvalue weighted by Gasteiger charge is 2.26. The van der Waals surface area contributed by atoms with Crippen LogP contribution in [-0.2, 0) is 4.74 Å². The predicted octanol–water partition coefficient (Wildman–Crippen LogP) is 1.08. The van der Waals surface area contributed by atoms with Crippen LogP contribution in [0.1, 0.15) is 31.4 Å². The Kier molecular flexibility index (Phi) is 5.43. The molecule has 128 valence electrons. The van der Waals surface area contributed by atoms with Gasteiger partial charge in [0.1, 0.15) is 12.2 Å². The molecule has 0 atom stereocenters. The van der Waals surface area contributed by atoms with E-state index in [4.69, 9.17) is 14.7 Å². The van der Waals surface area contributed by atoms with Gasteiger partial charge in [0.25, 0.3) is 5.88 Å². The number of urea groups is 1. The van der Waals surface area contributed by atoms with Crippen molar-refractivity contribution in [3.8, 4) is 11.9 Å². The summed E-state index contributed by atoms with van der Waals surface area (Å²) in [4.78, 5) is 22.0. The van der Waals surface area contributed by atoms with Crippen molar-refractivity contribution in [1.29, 1.82) is 5.26 Å². The molecule has 1 aliphatic carbocycles. The van der Waals surface area contributed by atoms with Crippen LogP contribution >= 0.6 is 0 Å². The number of morpholine rings is 1. The fourth-order valence-electron chi connectivity index (χ4n) is 3.00. The molecule has 1 N–H and O–H groups in total. The normalized spacial score (nSPS) is 24.0. The summed E-state index contributed by atoms with van der Waals surface area (Å²) in [6, 6.07) is 2.14. The largest absolute Gasteiger partial charge is 0.472 e. The standard InChI is InChI=1S/C16H21N5O3/c17-11-14-15(19-6-5-18-14)24-13-3-1-12(2-4-13)20-16(22)21-7-9-23-10-8-21/h5-6,12-13H,1-4,7-10H2,(H,20,22). The van der Waals surface area contributed by atoms with Crippen molar-refractivity contribution < 1.29 is 14.3 Å². The number of carbonyl (C=O) groups is 1. The molecule has 1 aromatic rings. The highest BCUT2D eigenvalue weighted by Crippen LogP contribution is 2.24. The monoisotopic (exact) mass is 331 g/mol. The number of rotatable bonds is 3. The number of hydrogen-bond acceptors (Lipinski definition) is 6. The Morgan fingerprint density at radius 3 is 2.67 bits per heavy atom. The minimum Gasteiger partial charge on any atom is -0.472 e. The molecule has 1 aliphatic heterocycles. The van der Waals surface area contributed by atoms with Crippen molar-refractivity contribution in [3.05, 3.63) is 18.1 Å². The molecule has 2 fully saturated rings. The summed E-state index contributed by atoms with van der Waals surface area (Å²) >= 11 is 0. The van der Waals surface area contributed by atoms with Crippen LogP contribution in [0.2, 0.25) is 0 Å². The summed E-state index contributed by atoms with van der Waals surface area (Å²) in [6.45, 7) is 2.50. The zero-order chi connectivity index (χ0) is 16.8. The Balaban J connectivity index is 1.45. The molecule has 2 heterocycles. The van der Waals surface area contributed by atoms with Gasteiger partial charge in [0.15, 0.2) is 0 Å². The molecule has 0 radical (unpaired) electrons. The molecule has 8 nitrogen and oxygen atoms in total. The van der Waals surface area contributed by atoms with Crippen molar-refractivity contribution in [3.63, 3.8) is 0 Å². The van der Waals surface area contributed by atoms with E-state index >= 15 is 0 Å². The SMILES string of the molecule is N#Cc1nccnc1OC1CCC(NC(=O)N2CCOCC2)CC1. The molecule has 0 spiro atoms. The number of ether oxygens (including phenoxy) is 2. The first-order chi connectivity index (χ1) is 11.8. The molecule has 0 bridgehead atoms. The zero-order valence-electron chi connectivity index (χ0n) is 13.5. The molecule has 1 aromatic heterocycles. The van der Waals surface area contributed by atoms with Gasteiger partial charge in [0.05, 0.1) is 13.2 Å². The van der Waals surface area contributed by atoms with Gasteiger partial charge in [-0.3, -0.25) is 0 Å². The van der Waals surface area contributed by atoms with Crippen LogP contribution in [0.25, 0.3) is 0 Å². The van der Waals surface area contributed by atoms with Crippen molar-refractivity contribution in [2.24, 2.45) is 0 Å². The fraction of sp³-hybridized carbons (Fsp3) is 0.625. The molecule has 2 aliphatic rings. The van der Waals surface area contributed by atoms with E-state index in [1.165, 1.54) is 12.4 Å². The number of nitrogens with one attached hydrogen (secondary N) is 1. The number of nitriles is 1. The Morgan fingerprint density at radius 1 is 1.25 bits per heavy atom. The average Bonchev–Trinajstić information content (AvgIpc) is 2.64. The second-order valence-corrected chi connectivity index (χ2v) is 5.96. The first-order valence-corrected chi connectivity index (χ1v) is 8.27. The average molecular weight is 331 g/mol. The first-order valence-electron chi connectivity index (χ1n) is 8.27. The maximum Gasteiger partial charge on any atom is 0.317 e. The minimum absolute atomic E-state index is 0.00494. The number of hydrogen-bond donors (Lipinski definition) is 1. The molecular weight excluding hydrogens is 310 g/mol. The van der Waals surface area contributed by atoms with Crippen LogP contribution < -0.4 is 10.1 Å². The third-order valence-corrected chi connectivity index (χ3v) is 4.35. The fourth-order valence-corrected chi connectivity index (χ4v) is 3.00. The number of aromatic nitrogens is 2. The predicted molar refractivity (Wildman–Crippen MR) is 84.3 cm³/mol. The summed E-state index contributed by atoms with van der Waals surface area (Å²) in [5.41, 5.74) is 0.209. The van der Waals surface area contributed by atoms with Gasteiger partial charge < -0.3 is 19.7 Å². The molecule has 1 saturated carbocycles. The smallest absolute Gasteiger partial charge is 0.317 e. The minimum atomic E-state index is -0.0108. The molecule has 8 heteroatoms. The van der Waals surface area contributed by atoms with Gasteiger partial charge in [-0.2, -0.15) is 5.26 Å². The summed E-state index contributed by atoms with van der Waals surface area (Å²) in [7, 11) is 0. The van der Waals surface area contributed by atoms with Gasteiger partial charge in [-0.05, 0) is 25.7 Å². The Morgan fingerprint density at radius 2 is 1.96 bits per heavy atom. The maximum absolute atomic E-state index is 12.2. The number of amides is 2. The van der Waals surface area contributed by atoms with Gasteiger partial charge in [-0.15, -0.1) is 0 Å². The van der Waals surface area contributed by atoms with E-state index in [0.29, 0.717) is 32.2 Å². The molecule has 3 rings (SSSR count). The zero-order valence-corrected chi connectivity index (χ0v) is 13.5. The van der Waals surface area contributed by atoms with Crippen molar-refractivity contribution in [1.82, 2.24) is 20.2 Å². The van der Waals surface area contributed by atoms with Crippen LogP contribution in [0.4, 0.5) is 4.79 Å². The lowest BCUT2D eigenvalue weighted by atomic mass is 9.93. The van der Waals surface area contributed by atoms with E-state index in [9.17, 15) is 4.79 Å². The summed E-state index contributed by atoms with van der Waals surface area (Å²) in [5, 5.41) is 12.1. The lowest BCUT2D eigenvalue weighted by Crippen LogP contribution is -2.50. The summed E-state index contributed by atoms with van der Waals surface area (Å²) in [6.07, 6.45) is 6.33. The third kappa shape index (κ3) is 4.11. The number of carbonyl (C=O) groups excluding carboxylic acids is 1. The summed E-state index contributed by atoms with van der Waals surface area (Å²) in [5.74, 6) is 0.292. The molecule has 2 amide bonds. The highest BCUT2D eigenvalue weighted by atomic mass is 16.5. The maximum atomic E-state index is 12.2. The van der Waals surface area contributed by atoms with Crippen molar-refractivity contribution in [2.45, 2.75) is 37.8 Å². The molecular formula is C16H21N5O3. The lowest BCUT2D eigenvalue weighted by Gasteiger charge is -2.32. The van der Waals surface area contributed by atoms with Crippen LogP contribution in [-0.4, -0.2) is 59.3 Å². The van der Waals surface area contributed by atoms with E-state index in [-0.39, 0.29) is 23.9 Å². The van der Waals surface area contributed by atoms with E-state index < -0.39 is 0 Å². The van der Waals surface area contributed by atoms with Crippen LogP contribution in [0.15, 0.2) is 12.4 Å². The third-order valence-electron chi connectivity index (χ3n) is 4.35. The first kappa shape index (κ1) is 16.5. The van der Waals surface area contributed by atoms with Crippen LogP contribution in [0, 0.1) is 11.3 Å². The van der Waals surface area contributed by atoms with Crippen molar-refractivity contribution in [2.75, 3.05) is 26.3 Å². The van der Waals surface area contributed by atoms with E-state index in [2.05, 4.69) is 15.3 Å². The van der Waals surface area contributed by atoms with Crippen molar-refractivity contribution >= 4 is 6.03 Å². The molecule has 0 aromatic carbocycles. The van der Waals surface area contributed by atoms with Gasteiger partial charge in [-0.1, -0.05) is 0 Å². The molecule has 0 unspecified atom stereocenters. The Labute approximate surface area is 140 Å². The van der Waals surface area contributed by atoms with Gasteiger partial charge in [0, 0.05) is 31.5 Å². The van der Waals surface area contributed by atoms with Gasteiger partial charge >= 0.3 is 6.03 Å². The highest BCUT2D eigenvalue weighted by molar-refractivity contribution is 5.74. The summed E-state index contributed by atoms with van der Waals surface area (Å²) < 4.78 is 11.1. The topological polar surface area (TPSA) is 100 Å².